The van der Waals surface area contributed by atoms with Crippen LogP contribution in [0.2, 0.25) is 0 Å². The Hall–Kier alpha value is -3.85. The predicted octanol–water partition coefficient (Wildman–Crippen LogP) is 6.10. The fraction of sp³-hybridized carbons (Fsp3) is 0.115. The second kappa shape index (κ2) is 10.4. The number of nitriles is 1. The van der Waals surface area contributed by atoms with Gasteiger partial charge in [0.25, 0.3) is 5.91 Å². The first-order valence-corrected chi connectivity index (χ1v) is 11.6. The molecule has 36 heavy (non-hydrogen) atoms. The van der Waals surface area contributed by atoms with E-state index in [1.165, 1.54) is 25.3 Å². The zero-order valence-electron chi connectivity index (χ0n) is 18.7. The average Bonchev–Trinajstić information content (AvgIpc) is 3.20. The van der Waals surface area contributed by atoms with Gasteiger partial charge in [0, 0.05) is 5.56 Å². The molecular formula is C26H17F3IN3O3. The van der Waals surface area contributed by atoms with Crippen LogP contribution in [0.5, 0.6) is 11.5 Å². The van der Waals surface area contributed by atoms with E-state index in [0.717, 1.165) is 11.1 Å². The first-order chi connectivity index (χ1) is 17.2. The molecule has 10 heteroatoms. The molecule has 0 aromatic heterocycles. The summed E-state index contributed by atoms with van der Waals surface area (Å²) < 4.78 is 53.2. The summed E-state index contributed by atoms with van der Waals surface area (Å²) in [6, 6.07) is 20.0. The average molecular weight is 603 g/mol. The number of rotatable bonds is 6. The topological polar surface area (TPSA) is 74.9 Å². The number of amides is 1. The molecule has 1 amide bonds. The van der Waals surface area contributed by atoms with Crippen LogP contribution in [0, 0.1) is 14.9 Å². The number of carbonyl (C=O) groups is 1. The Bertz CT molecular complexity index is 1410. The minimum Gasteiger partial charge on any atom is -0.493 e. The lowest BCUT2D eigenvalue weighted by Gasteiger charge is -2.15. The molecule has 0 atom stereocenters. The highest BCUT2D eigenvalue weighted by Crippen LogP contribution is 2.37. The summed E-state index contributed by atoms with van der Waals surface area (Å²) in [4.78, 5) is 13.0. The number of methoxy groups -OCH3 is 1. The van der Waals surface area contributed by atoms with Gasteiger partial charge in [-0.3, -0.25) is 4.79 Å². The molecule has 0 saturated carbocycles. The fourth-order valence-electron chi connectivity index (χ4n) is 3.53. The summed E-state index contributed by atoms with van der Waals surface area (Å²) in [5.41, 5.74) is -0.195. The number of ether oxygens (including phenoxy) is 2. The van der Waals surface area contributed by atoms with Crippen LogP contribution in [0.1, 0.15) is 16.7 Å². The molecule has 1 heterocycles. The standard InChI is InChI=1S/C26H17F3IN3O3/c1-35-22-13-16(12-21(30)23(22)36-15-18-8-6-5-7-17(18)14-31)11-20-24(26(27,28)29)32-33(25(20)34)19-9-3-2-4-10-19/h2-13H,15H2,1H3/b20-11-. The Morgan fingerprint density at radius 2 is 1.81 bits per heavy atom. The van der Waals surface area contributed by atoms with Gasteiger partial charge in [-0.2, -0.15) is 28.5 Å². The second-order valence-corrected chi connectivity index (χ2v) is 8.71. The van der Waals surface area contributed by atoms with Crippen molar-refractivity contribution in [1.29, 1.82) is 5.26 Å². The van der Waals surface area contributed by atoms with Gasteiger partial charge in [-0.1, -0.05) is 36.4 Å². The molecule has 0 N–H and O–H groups in total. The summed E-state index contributed by atoms with van der Waals surface area (Å²) in [6.45, 7) is 0.0892. The third-order valence-corrected chi connectivity index (χ3v) is 6.02. The number of hydrogen-bond donors (Lipinski definition) is 0. The molecule has 1 aliphatic rings. The highest BCUT2D eigenvalue weighted by Gasteiger charge is 2.46. The number of carbonyl (C=O) groups excluding carboxylic acids is 1. The summed E-state index contributed by atoms with van der Waals surface area (Å²) >= 11 is 1.98. The van der Waals surface area contributed by atoms with E-state index in [-0.39, 0.29) is 18.0 Å². The largest absolute Gasteiger partial charge is 0.493 e. The van der Waals surface area contributed by atoms with Crippen LogP contribution < -0.4 is 14.5 Å². The SMILES string of the molecule is COc1cc(/C=C2\C(=O)N(c3ccccc3)N=C2C(F)(F)F)cc(I)c1OCc1ccccc1C#N. The summed E-state index contributed by atoms with van der Waals surface area (Å²) in [6.07, 6.45) is -3.70. The smallest absolute Gasteiger partial charge is 0.435 e. The van der Waals surface area contributed by atoms with E-state index >= 15 is 0 Å². The molecule has 0 radical (unpaired) electrons. The van der Waals surface area contributed by atoms with Gasteiger partial charge < -0.3 is 9.47 Å². The maximum atomic E-state index is 13.8. The number of para-hydroxylation sites is 1. The maximum Gasteiger partial charge on any atom is 0.435 e. The van der Waals surface area contributed by atoms with Crippen LogP contribution in [0.25, 0.3) is 6.08 Å². The maximum absolute atomic E-state index is 13.8. The van der Waals surface area contributed by atoms with Gasteiger partial charge >= 0.3 is 6.18 Å². The van der Waals surface area contributed by atoms with Crippen molar-refractivity contribution < 1.29 is 27.4 Å². The quantitative estimate of drug-likeness (QED) is 0.252. The number of benzene rings is 3. The van der Waals surface area contributed by atoms with Crippen LogP contribution >= 0.6 is 22.6 Å². The van der Waals surface area contributed by atoms with Crippen LogP contribution in [0.3, 0.4) is 0 Å². The molecule has 0 aliphatic carbocycles. The Labute approximate surface area is 218 Å². The number of halogens is 4. The highest BCUT2D eigenvalue weighted by atomic mass is 127. The van der Waals surface area contributed by atoms with E-state index in [1.54, 1.807) is 48.5 Å². The molecule has 0 bridgehead atoms. The molecule has 0 spiro atoms. The first-order valence-electron chi connectivity index (χ1n) is 10.5. The van der Waals surface area contributed by atoms with Crippen LogP contribution in [0.4, 0.5) is 18.9 Å². The highest BCUT2D eigenvalue weighted by molar-refractivity contribution is 14.1. The van der Waals surface area contributed by atoms with Gasteiger partial charge in [0.05, 0.1) is 33.6 Å². The molecule has 0 unspecified atom stereocenters. The molecule has 182 valence electrons. The number of nitrogens with zero attached hydrogens (tertiary/aromatic N) is 3. The lowest BCUT2D eigenvalue weighted by Crippen LogP contribution is -2.25. The lowest BCUT2D eigenvalue weighted by molar-refractivity contribution is -0.114. The van der Waals surface area contributed by atoms with Gasteiger partial charge in [0.2, 0.25) is 0 Å². The zero-order chi connectivity index (χ0) is 25.9. The number of hydrogen-bond acceptors (Lipinski definition) is 5. The van der Waals surface area contributed by atoms with Crippen LogP contribution in [-0.2, 0) is 11.4 Å². The number of hydrazone groups is 1. The van der Waals surface area contributed by atoms with Gasteiger partial charge in [0.15, 0.2) is 17.2 Å². The predicted molar refractivity (Wildman–Crippen MR) is 137 cm³/mol. The summed E-state index contributed by atoms with van der Waals surface area (Å²) in [7, 11) is 1.40. The Kier molecular flexibility index (Phi) is 7.30. The van der Waals surface area contributed by atoms with Crippen molar-refractivity contribution in [3.8, 4) is 17.6 Å². The summed E-state index contributed by atoms with van der Waals surface area (Å²) in [5.74, 6) is -0.267. The third kappa shape index (κ3) is 5.21. The molecular weight excluding hydrogens is 586 g/mol. The molecule has 3 aromatic carbocycles. The minimum absolute atomic E-state index is 0.0892. The van der Waals surface area contributed by atoms with Gasteiger partial charge in [-0.25, -0.2) is 0 Å². The molecule has 6 nitrogen and oxygen atoms in total. The van der Waals surface area contributed by atoms with Crippen molar-refractivity contribution in [2.75, 3.05) is 12.1 Å². The van der Waals surface area contributed by atoms with E-state index in [1.807, 2.05) is 22.6 Å². The molecule has 3 aromatic rings. The van der Waals surface area contributed by atoms with Crippen molar-refractivity contribution in [2.45, 2.75) is 12.8 Å². The monoisotopic (exact) mass is 603 g/mol. The van der Waals surface area contributed by atoms with E-state index in [4.69, 9.17) is 9.47 Å². The summed E-state index contributed by atoms with van der Waals surface area (Å²) in [5, 5.41) is 13.6. The third-order valence-electron chi connectivity index (χ3n) is 5.22. The minimum atomic E-state index is -4.83. The van der Waals surface area contributed by atoms with Crippen molar-refractivity contribution in [1.82, 2.24) is 0 Å². The van der Waals surface area contributed by atoms with Crippen LogP contribution in [-0.4, -0.2) is 24.9 Å². The molecule has 0 fully saturated rings. The van der Waals surface area contributed by atoms with Gasteiger partial charge in [-0.05, 0) is 64.6 Å². The van der Waals surface area contributed by atoms with E-state index in [0.29, 0.717) is 26.0 Å². The number of anilines is 1. The van der Waals surface area contributed by atoms with Gasteiger partial charge in [-0.15, -0.1) is 0 Å². The van der Waals surface area contributed by atoms with E-state index < -0.39 is 23.4 Å². The van der Waals surface area contributed by atoms with E-state index in [2.05, 4.69) is 11.2 Å². The molecule has 4 rings (SSSR count). The van der Waals surface area contributed by atoms with Gasteiger partial charge in [0.1, 0.15) is 6.61 Å². The van der Waals surface area contributed by atoms with Crippen molar-refractivity contribution >= 4 is 46.0 Å². The van der Waals surface area contributed by atoms with Crippen molar-refractivity contribution in [3.63, 3.8) is 0 Å². The fourth-order valence-corrected chi connectivity index (χ4v) is 4.31. The van der Waals surface area contributed by atoms with Crippen molar-refractivity contribution in [3.05, 3.63) is 92.6 Å². The first kappa shape index (κ1) is 25.2. The number of alkyl halides is 3. The van der Waals surface area contributed by atoms with Crippen molar-refractivity contribution in [2.24, 2.45) is 5.10 Å². The lowest BCUT2D eigenvalue weighted by atomic mass is 10.1. The second-order valence-electron chi connectivity index (χ2n) is 7.55. The Morgan fingerprint density at radius 3 is 2.47 bits per heavy atom. The molecule has 1 aliphatic heterocycles. The normalized spacial score (nSPS) is 14.6. The molecule has 0 saturated heterocycles. The van der Waals surface area contributed by atoms with E-state index in [9.17, 15) is 23.2 Å². The Balaban J connectivity index is 1.68. The Morgan fingerprint density at radius 1 is 1.11 bits per heavy atom. The van der Waals surface area contributed by atoms with Crippen LogP contribution in [0.15, 0.2) is 77.4 Å². The zero-order valence-corrected chi connectivity index (χ0v) is 20.9.